The first-order valence-corrected chi connectivity index (χ1v) is 44.2. The number of anilines is 6. The van der Waals surface area contributed by atoms with Gasteiger partial charge in [0.15, 0.2) is 0 Å². The number of methoxy groups -OCH3 is 2. The quantitative estimate of drug-likeness (QED) is 0.0158. The van der Waals surface area contributed by atoms with Crippen LogP contribution < -0.4 is 60.3 Å². The van der Waals surface area contributed by atoms with Crippen molar-refractivity contribution in [3.8, 4) is 51.3 Å². The number of nitrogens with zero attached hydrogens (tertiary/aromatic N) is 8. The number of ether oxygens (including phenoxy) is 5. The van der Waals surface area contributed by atoms with Gasteiger partial charge in [-0.05, 0) is 289 Å². The number of amides is 6. The topological polar surface area (TPSA) is 328 Å². The summed E-state index contributed by atoms with van der Waals surface area (Å²) in [5.74, 6) is -0.328. The number of fused-ring (bicyclic) bond motifs is 6. The zero-order chi connectivity index (χ0) is 95.3. The number of alkyl halides is 9. The van der Waals surface area contributed by atoms with E-state index < -0.39 is 61.9 Å². The van der Waals surface area contributed by atoms with Crippen LogP contribution in [0.4, 0.5) is 60.5 Å². The van der Waals surface area contributed by atoms with Gasteiger partial charge in [0.2, 0.25) is 17.7 Å². The number of aromatic amines is 3. The largest absolute Gasteiger partial charge is 0.497 e. The molecule has 3 saturated heterocycles. The van der Waals surface area contributed by atoms with Crippen LogP contribution >= 0.6 is 50.7 Å². The van der Waals surface area contributed by atoms with E-state index in [9.17, 15) is 60.2 Å². The van der Waals surface area contributed by atoms with Gasteiger partial charge in [-0.15, -0.1) is 26.3 Å². The second kappa shape index (κ2) is 41.0. The molecule has 0 saturated carbocycles. The number of likely N-dealkylation sites (tertiary alicyclic amines) is 3. The number of rotatable bonds is 24. The molecule has 0 atom stereocenters. The maximum absolute atomic E-state index is 14.5. The average molecular weight is 2000 g/mol. The Kier molecular flexibility index (Phi) is 30.6. The summed E-state index contributed by atoms with van der Waals surface area (Å²) in [4.78, 5) is 92.0. The monoisotopic (exact) mass is 2000 g/mol. The number of hydrogen-bond donors (Lipinski definition) is 8. The van der Waals surface area contributed by atoms with Crippen molar-refractivity contribution in [1.29, 1.82) is 0 Å². The standard InChI is InChI=1S/C32H30ClF2N5O4.C29H27BrClF2N3O4.C24H22ClF2N5O3.C9H16BN2O2.V/c1-39-15-12-31(13-16-39)28-25(26-11-14-36-38-26)17-21(29(41)37-22-5-9-24(10-6-22)44-32(33,34)35)18-27(28)40(30(31)42)19-20-3-7-23(43-2)8-4-20;1-35-13-11-28(12-14-35)25-23(30)15-19(26(37)34-20-5-9-22(10-6-20)40-29(31,32)33)16-24(25)36(27(28)38)17-18-3-7-21(39-2)8-4-18;1-32-10-7-23(8-11-32)20-17(18-6-9-28-31-18)12-14(13-19(20)30-22(23)34)21(33)29-15-2-4-16(5-3-15)35-24(25,26)27;1-8(2,13)9(3,4)14-10-7-5-6-11-12-7;/h3-11,14,17-18H,12-13,15-16,19H2,1-2H3,(H,36,38)(H,37,41);3-10,15-16H,11-14,17H2,1-2H3,(H,34,37);2-6,9,12-13H,7-8,10-11H2,1H3,(H,28,31)(H,29,33)(H,30,34);5-6,13H,1-4H3,(H,11,12);. The van der Waals surface area contributed by atoms with Crippen molar-refractivity contribution in [2.24, 2.45) is 0 Å². The molecule has 2 radical (unpaired) electrons. The molecular weight excluding hydrogens is 1910 g/mol. The predicted molar refractivity (Wildman–Crippen MR) is 497 cm³/mol. The molecule has 6 aliphatic rings. The number of halogens is 10. The van der Waals surface area contributed by atoms with Gasteiger partial charge in [-0.3, -0.25) is 44.1 Å². The Morgan fingerprint density at radius 2 is 0.813 bits per heavy atom. The molecule has 0 aliphatic carbocycles. The second-order valence-corrected chi connectivity index (χ2v) is 36.3. The zero-order valence-electron chi connectivity index (χ0n) is 74.1. The van der Waals surface area contributed by atoms with Crippen LogP contribution in [0.1, 0.15) is 125 Å². The van der Waals surface area contributed by atoms with Crippen molar-refractivity contribution in [3.05, 3.63) is 243 Å². The molecule has 134 heavy (non-hydrogen) atoms. The first-order valence-electron chi connectivity index (χ1n) is 42.2. The summed E-state index contributed by atoms with van der Waals surface area (Å²) >= 11 is 18.1. The van der Waals surface area contributed by atoms with Crippen LogP contribution in [0.3, 0.4) is 0 Å². The smallest absolute Gasteiger partial charge is 0.487 e. The Bertz CT molecular complexity index is 6010. The van der Waals surface area contributed by atoms with Crippen molar-refractivity contribution in [2.45, 2.75) is 123 Å². The fourth-order valence-electron chi connectivity index (χ4n) is 16.9. The third-order valence-electron chi connectivity index (χ3n) is 24.7. The number of aromatic nitrogens is 6. The molecule has 0 unspecified atom stereocenters. The molecule has 28 nitrogen and oxygen atoms in total. The number of aliphatic hydroxyl groups is 1. The fourth-order valence-corrected chi connectivity index (χ4v) is 18.0. The van der Waals surface area contributed by atoms with E-state index >= 15 is 0 Å². The van der Waals surface area contributed by atoms with Gasteiger partial charge in [-0.25, -0.2) is 0 Å². The number of nitrogens with one attached hydrogen (secondary N) is 7. The van der Waals surface area contributed by atoms with E-state index in [1.54, 1.807) is 112 Å². The minimum Gasteiger partial charge on any atom is -0.497 e. The van der Waals surface area contributed by atoms with Crippen LogP contribution in [0.25, 0.3) is 22.5 Å². The van der Waals surface area contributed by atoms with Crippen LogP contribution in [-0.2, 0) is 66.9 Å². The number of carbonyl (C=O) groups is 6. The maximum atomic E-state index is 14.5. The number of hydrogen-bond acceptors (Lipinski definition) is 19. The summed E-state index contributed by atoms with van der Waals surface area (Å²) < 4.78 is 107. The summed E-state index contributed by atoms with van der Waals surface area (Å²) in [6.45, 7) is 12.4. The van der Waals surface area contributed by atoms with Gasteiger partial charge in [0, 0.05) is 155 Å². The van der Waals surface area contributed by atoms with Gasteiger partial charge in [-0.2, -0.15) is 15.3 Å². The predicted octanol–water partition coefficient (Wildman–Crippen LogP) is 17.0. The van der Waals surface area contributed by atoms with Crippen molar-refractivity contribution in [1.82, 2.24) is 45.3 Å². The van der Waals surface area contributed by atoms with Gasteiger partial charge in [0.25, 0.3) is 17.7 Å². The molecule has 8 aromatic carbocycles. The second-order valence-electron chi connectivity index (χ2n) is 34.1. The molecular formula is C94H95BBrCl3F6N15O13V. The third-order valence-corrected chi connectivity index (χ3v) is 25.6. The summed E-state index contributed by atoms with van der Waals surface area (Å²) in [6, 6.07) is 47.2. The van der Waals surface area contributed by atoms with Crippen molar-refractivity contribution in [3.63, 3.8) is 0 Å². The van der Waals surface area contributed by atoms with Crippen molar-refractivity contribution < 1.29 is 107 Å². The van der Waals surface area contributed by atoms with E-state index in [2.05, 4.69) is 96.7 Å². The van der Waals surface area contributed by atoms with E-state index in [1.165, 1.54) is 72.8 Å². The van der Waals surface area contributed by atoms with Crippen LogP contribution in [0, 0.1) is 0 Å². The SMILES string of the molecule is CC(C)(O)C(C)(C)O[B]c1ccn[nH]1.CN1CCC2(CC1)C(=O)Nc1cc(C(=O)Nc3ccc(OC(F)(F)Cl)cc3)cc(-c3ccn[nH]3)c12.COc1ccc(CN2C(=O)C3(CCN(C)CC3)c3c(-c4ccn[nH]4)cc(C(=O)Nc4ccc(OC(F)(F)Cl)cc4)cc32)cc1.COc1ccc(CN2C(=O)C3(CCN(C)CC3)c3c(Br)cc(C(=O)Nc4ccc(OC(F)(F)Cl)cc4)cc32)cc1.[V]. The summed E-state index contributed by atoms with van der Waals surface area (Å²) in [6.07, 6.45) is 8.86. The normalized spacial score (nSPS) is 16.1. The molecule has 8 N–H and O–H groups in total. The Morgan fingerprint density at radius 3 is 1.17 bits per heavy atom. The Labute approximate surface area is 804 Å². The van der Waals surface area contributed by atoms with Gasteiger partial charge >= 0.3 is 24.2 Å². The molecule has 0 bridgehead atoms. The van der Waals surface area contributed by atoms with Crippen LogP contribution in [0.5, 0.6) is 28.7 Å². The van der Waals surface area contributed by atoms with E-state index in [-0.39, 0.29) is 53.5 Å². The molecule has 11 aromatic rings. The molecule has 6 amide bonds. The molecule has 702 valence electrons. The molecule has 9 heterocycles. The number of benzene rings is 8. The molecule has 3 fully saturated rings. The Hall–Kier alpha value is -11.4. The van der Waals surface area contributed by atoms with Crippen LogP contribution in [0.2, 0.25) is 0 Å². The van der Waals surface area contributed by atoms with Crippen LogP contribution in [-0.4, -0.2) is 196 Å². The first-order chi connectivity index (χ1) is 63.0. The third kappa shape index (κ3) is 23.0. The summed E-state index contributed by atoms with van der Waals surface area (Å²) in [5.41, 5.74) is -2.94. The molecule has 40 heteroatoms. The molecule has 3 aromatic heterocycles. The van der Waals surface area contributed by atoms with E-state index in [0.717, 1.165) is 89.6 Å². The van der Waals surface area contributed by atoms with Crippen molar-refractivity contribution in [2.75, 3.05) is 106 Å². The zero-order valence-corrected chi connectivity index (χ0v) is 79.4. The molecule has 3 spiro atoms. The maximum Gasteiger partial charge on any atom is 0.487 e. The van der Waals surface area contributed by atoms with Crippen LogP contribution in [0.15, 0.2) is 199 Å². The summed E-state index contributed by atoms with van der Waals surface area (Å²) in [7, 11) is 10.9. The van der Waals surface area contributed by atoms with Gasteiger partial charge in [0.05, 0.1) is 71.8 Å². The van der Waals surface area contributed by atoms with Gasteiger partial charge < -0.3 is 79.2 Å². The van der Waals surface area contributed by atoms with E-state index in [4.69, 9.17) is 48.9 Å². The summed E-state index contributed by atoms with van der Waals surface area (Å²) in [5, 5.41) is 41.8. The number of carbonyl (C=O) groups excluding carboxylic acids is 6. The average Bonchev–Trinajstić information content (AvgIpc) is 1.55. The Balaban J connectivity index is 0.000000159. The number of piperidine rings is 3. The van der Waals surface area contributed by atoms with E-state index in [1.807, 2.05) is 89.6 Å². The Morgan fingerprint density at radius 1 is 0.470 bits per heavy atom. The van der Waals surface area contributed by atoms with Gasteiger partial charge in [0.1, 0.15) is 28.7 Å². The first kappa shape index (κ1) is 100. The molecule has 17 rings (SSSR count). The number of H-pyrrole nitrogens is 3. The minimum absolute atomic E-state index is 0. The minimum atomic E-state index is -3.85. The fraction of sp³-hybridized carbons (Fsp3) is 0.330. The van der Waals surface area contributed by atoms with Crippen molar-refractivity contribution >= 4 is 133 Å². The van der Waals surface area contributed by atoms with E-state index in [0.29, 0.717) is 124 Å². The molecule has 6 aliphatic heterocycles. The van der Waals surface area contributed by atoms with Gasteiger partial charge in [-0.1, -0.05) is 40.2 Å².